The summed E-state index contributed by atoms with van der Waals surface area (Å²) in [6.45, 7) is 3.28. The third kappa shape index (κ3) is 5.55. The van der Waals surface area contributed by atoms with Crippen LogP contribution in [-0.2, 0) is 12.8 Å². The second-order valence-electron chi connectivity index (χ2n) is 9.54. The van der Waals surface area contributed by atoms with Crippen molar-refractivity contribution >= 4 is 0 Å². The summed E-state index contributed by atoms with van der Waals surface area (Å²) in [5, 5.41) is 6.85. The Morgan fingerprint density at radius 3 is 2.09 bits per heavy atom. The number of hydrogen-bond acceptors (Lipinski definition) is 4. The fourth-order valence-electron chi connectivity index (χ4n) is 4.94. The Bertz CT molecular complexity index is 1200. The first-order valence-electron chi connectivity index (χ1n) is 12.9. The minimum atomic E-state index is 0.277. The number of H-pyrrole nitrogens is 2. The topological polar surface area (TPSA) is 81.4 Å². The van der Waals surface area contributed by atoms with Crippen LogP contribution in [0.5, 0.6) is 0 Å². The van der Waals surface area contributed by atoms with E-state index in [4.69, 9.17) is 0 Å². The summed E-state index contributed by atoms with van der Waals surface area (Å²) in [6.07, 6.45) is 10.5. The van der Waals surface area contributed by atoms with E-state index in [1.807, 2.05) is 19.4 Å². The van der Waals surface area contributed by atoms with Crippen LogP contribution in [0.4, 0.5) is 0 Å². The summed E-state index contributed by atoms with van der Waals surface area (Å²) in [7, 11) is 1.99. The Labute approximate surface area is 208 Å². The summed E-state index contributed by atoms with van der Waals surface area (Å²) >= 11 is 0. The van der Waals surface area contributed by atoms with Gasteiger partial charge in [-0.1, -0.05) is 61.9 Å². The first-order valence-corrected chi connectivity index (χ1v) is 12.9. The molecule has 1 saturated heterocycles. The van der Waals surface area contributed by atoms with E-state index in [9.17, 15) is 0 Å². The lowest BCUT2D eigenvalue weighted by Crippen LogP contribution is -2.17. The molecule has 2 atom stereocenters. The van der Waals surface area contributed by atoms with Gasteiger partial charge >= 0.3 is 0 Å². The maximum Gasteiger partial charge on any atom is 0.123 e. The molecule has 4 N–H and O–H groups in total. The van der Waals surface area contributed by atoms with Crippen molar-refractivity contribution in [2.75, 3.05) is 13.6 Å². The molecule has 6 heteroatoms. The number of nitrogens with zero attached hydrogens (tertiary/aromatic N) is 2. The molecule has 0 radical (unpaired) electrons. The van der Waals surface area contributed by atoms with Crippen LogP contribution in [0, 0.1) is 0 Å². The zero-order chi connectivity index (χ0) is 24.0. The monoisotopic (exact) mass is 468 g/mol. The predicted molar refractivity (Wildman–Crippen MR) is 142 cm³/mol. The molecule has 2 aromatic heterocycles. The largest absolute Gasteiger partial charge is 0.341 e. The van der Waals surface area contributed by atoms with E-state index >= 15 is 0 Å². The number of aromatic nitrogens is 4. The van der Waals surface area contributed by atoms with Crippen molar-refractivity contribution in [1.29, 1.82) is 0 Å². The van der Waals surface area contributed by atoms with Gasteiger partial charge in [-0.15, -0.1) is 0 Å². The number of rotatable bonds is 10. The highest BCUT2D eigenvalue weighted by molar-refractivity contribution is 5.60. The number of aryl methyl sites for hydroxylation is 2. The molecule has 0 saturated carbocycles. The van der Waals surface area contributed by atoms with Crippen LogP contribution < -0.4 is 10.6 Å². The number of imidazole rings is 2. The van der Waals surface area contributed by atoms with Crippen molar-refractivity contribution in [3.8, 4) is 22.5 Å². The van der Waals surface area contributed by atoms with Gasteiger partial charge in [0.05, 0.1) is 35.9 Å². The van der Waals surface area contributed by atoms with Crippen molar-refractivity contribution in [2.45, 2.75) is 57.5 Å². The highest BCUT2D eigenvalue weighted by atomic mass is 15.0. The van der Waals surface area contributed by atoms with Gasteiger partial charge < -0.3 is 20.6 Å². The molecule has 35 heavy (non-hydrogen) atoms. The maximum absolute atomic E-state index is 4.60. The summed E-state index contributed by atoms with van der Waals surface area (Å²) < 4.78 is 0. The SMILES string of the molecule is CCC[C@H](NC)c1ncc(-c2ccc(CCc3ccc(-c4cnc([C@@H]5CCCN5)[nH]4)cc3)cc2)[nH]1. The van der Waals surface area contributed by atoms with Gasteiger partial charge in [-0.3, -0.25) is 0 Å². The normalized spacial score (nSPS) is 16.6. The van der Waals surface area contributed by atoms with Gasteiger partial charge in [0, 0.05) is 0 Å². The summed E-state index contributed by atoms with van der Waals surface area (Å²) in [5.74, 6) is 2.07. The molecular weight excluding hydrogens is 432 g/mol. The molecule has 6 nitrogen and oxygen atoms in total. The standard InChI is InChI=1S/C29H36N6/c1-3-5-24(30-2)28-32-18-26(34-28)22-13-9-20(10-14-22)7-8-21-11-15-23(16-12-21)27-19-33-29(35-27)25-6-4-17-31-25/h9-16,18-19,24-25,30-31H,3-8,17H2,1-2H3,(H,32,34)(H,33,35)/t24-,25-/m0/s1. The molecule has 4 aromatic rings. The molecule has 1 fully saturated rings. The zero-order valence-corrected chi connectivity index (χ0v) is 20.8. The molecule has 0 aliphatic carbocycles. The van der Waals surface area contributed by atoms with E-state index in [1.165, 1.54) is 28.7 Å². The molecular formula is C29H36N6. The Kier molecular flexibility index (Phi) is 7.40. The fraction of sp³-hybridized carbons (Fsp3) is 0.379. The molecule has 182 valence electrons. The second kappa shape index (κ2) is 11.0. The number of nitrogens with one attached hydrogen (secondary N) is 4. The van der Waals surface area contributed by atoms with Crippen LogP contribution in [0.25, 0.3) is 22.5 Å². The smallest absolute Gasteiger partial charge is 0.123 e. The zero-order valence-electron chi connectivity index (χ0n) is 20.8. The van der Waals surface area contributed by atoms with Gasteiger partial charge in [0.25, 0.3) is 0 Å². The second-order valence-corrected chi connectivity index (χ2v) is 9.54. The molecule has 0 spiro atoms. The van der Waals surface area contributed by atoms with Crippen LogP contribution in [0.15, 0.2) is 60.9 Å². The molecule has 0 unspecified atom stereocenters. The quantitative estimate of drug-likeness (QED) is 0.239. The Balaban J connectivity index is 1.17. The average Bonchev–Trinajstić information content (AvgIpc) is 3.68. The minimum absolute atomic E-state index is 0.277. The van der Waals surface area contributed by atoms with Crippen LogP contribution in [0.1, 0.15) is 67.5 Å². The minimum Gasteiger partial charge on any atom is -0.341 e. The first kappa shape index (κ1) is 23.5. The van der Waals surface area contributed by atoms with Crippen molar-refractivity contribution in [3.05, 3.63) is 83.7 Å². The van der Waals surface area contributed by atoms with Crippen LogP contribution in [0.3, 0.4) is 0 Å². The molecule has 3 heterocycles. The van der Waals surface area contributed by atoms with Gasteiger partial charge in [-0.2, -0.15) is 0 Å². The van der Waals surface area contributed by atoms with Crippen LogP contribution in [0.2, 0.25) is 0 Å². The fourth-order valence-corrected chi connectivity index (χ4v) is 4.94. The van der Waals surface area contributed by atoms with E-state index in [1.54, 1.807) is 0 Å². The lowest BCUT2D eigenvalue weighted by molar-refractivity contribution is 0.518. The van der Waals surface area contributed by atoms with E-state index in [0.717, 1.165) is 61.7 Å². The molecule has 1 aliphatic heterocycles. The highest BCUT2D eigenvalue weighted by Gasteiger charge is 2.19. The lowest BCUT2D eigenvalue weighted by atomic mass is 10.0. The first-order chi connectivity index (χ1) is 17.2. The van der Waals surface area contributed by atoms with Gasteiger partial charge in [0.2, 0.25) is 0 Å². The van der Waals surface area contributed by atoms with Crippen molar-refractivity contribution in [1.82, 2.24) is 30.6 Å². The third-order valence-electron chi connectivity index (χ3n) is 7.07. The van der Waals surface area contributed by atoms with E-state index in [2.05, 4.69) is 86.0 Å². The highest BCUT2D eigenvalue weighted by Crippen LogP contribution is 2.25. The van der Waals surface area contributed by atoms with Crippen molar-refractivity contribution in [3.63, 3.8) is 0 Å². The lowest BCUT2D eigenvalue weighted by Gasteiger charge is -2.11. The van der Waals surface area contributed by atoms with E-state index < -0.39 is 0 Å². The van der Waals surface area contributed by atoms with E-state index in [-0.39, 0.29) is 6.04 Å². The number of benzene rings is 2. The number of aromatic amines is 2. The third-order valence-corrected chi connectivity index (χ3v) is 7.07. The molecule has 5 rings (SSSR count). The summed E-state index contributed by atoms with van der Waals surface area (Å²) in [6, 6.07) is 18.4. The Hall–Kier alpha value is -3.22. The van der Waals surface area contributed by atoms with E-state index in [0.29, 0.717) is 6.04 Å². The van der Waals surface area contributed by atoms with Gasteiger partial charge in [-0.25, -0.2) is 9.97 Å². The van der Waals surface area contributed by atoms with Crippen molar-refractivity contribution in [2.24, 2.45) is 0 Å². The molecule has 0 bridgehead atoms. The average molecular weight is 469 g/mol. The summed E-state index contributed by atoms with van der Waals surface area (Å²) in [4.78, 5) is 16.2. The molecule has 2 aromatic carbocycles. The van der Waals surface area contributed by atoms with Gasteiger partial charge in [0.1, 0.15) is 11.6 Å². The maximum atomic E-state index is 4.60. The predicted octanol–water partition coefficient (Wildman–Crippen LogP) is 5.74. The van der Waals surface area contributed by atoms with Crippen LogP contribution in [-0.4, -0.2) is 33.5 Å². The Morgan fingerprint density at radius 1 is 0.886 bits per heavy atom. The van der Waals surface area contributed by atoms with Crippen LogP contribution >= 0.6 is 0 Å². The molecule has 0 amide bonds. The van der Waals surface area contributed by atoms with Gasteiger partial charge in [0.15, 0.2) is 0 Å². The summed E-state index contributed by atoms with van der Waals surface area (Å²) in [5.41, 5.74) is 7.22. The van der Waals surface area contributed by atoms with Crippen molar-refractivity contribution < 1.29 is 0 Å². The molecule has 1 aliphatic rings. The Morgan fingerprint density at radius 2 is 1.51 bits per heavy atom. The number of hydrogen-bond donors (Lipinski definition) is 4. The van der Waals surface area contributed by atoms with Gasteiger partial charge in [-0.05, 0) is 68.0 Å².